The van der Waals surface area contributed by atoms with Crippen LogP contribution in [0.1, 0.15) is 37.0 Å². The maximum Gasteiger partial charge on any atom is 0.320 e. The van der Waals surface area contributed by atoms with Crippen molar-refractivity contribution in [3.05, 3.63) is 35.6 Å². The zero-order valence-electron chi connectivity index (χ0n) is 14.5. The van der Waals surface area contributed by atoms with Gasteiger partial charge in [-0.05, 0) is 50.3 Å². The van der Waals surface area contributed by atoms with E-state index >= 15 is 0 Å². The maximum atomic E-state index is 11.9. The van der Waals surface area contributed by atoms with E-state index in [1.54, 1.807) is 20.1 Å². The lowest BCUT2D eigenvalue weighted by Gasteiger charge is -2.16. The molecular weight excluding hydrogens is 322 g/mol. The molecule has 1 aliphatic carbocycles. The third kappa shape index (κ3) is 4.65. The number of hydrogen-bond donors (Lipinski definition) is 2. The molecule has 0 radical (unpaired) electrons. The Morgan fingerprint density at radius 3 is 2.76 bits per heavy atom. The van der Waals surface area contributed by atoms with Crippen LogP contribution in [0.3, 0.4) is 0 Å². The molecule has 0 unspecified atom stereocenters. The first-order chi connectivity index (χ1) is 12.1. The van der Waals surface area contributed by atoms with Crippen molar-refractivity contribution in [2.45, 2.75) is 45.3 Å². The van der Waals surface area contributed by atoms with Gasteiger partial charge in [0.05, 0.1) is 13.2 Å². The van der Waals surface area contributed by atoms with Crippen LogP contribution in [-0.4, -0.2) is 24.4 Å². The van der Waals surface area contributed by atoms with Gasteiger partial charge in [0.15, 0.2) is 17.3 Å². The van der Waals surface area contributed by atoms with E-state index in [4.69, 9.17) is 14.0 Å². The minimum atomic E-state index is -0.349. The highest BCUT2D eigenvalue weighted by Crippen LogP contribution is 2.32. The smallest absolute Gasteiger partial charge is 0.320 e. The minimum absolute atomic E-state index is 0.273. The summed E-state index contributed by atoms with van der Waals surface area (Å²) in [6, 6.07) is 7.00. The third-order valence-electron chi connectivity index (χ3n) is 4.15. The number of rotatable bonds is 6. The molecule has 7 heteroatoms. The monoisotopic (exact) mass is 345 g/mol. The predicted octanol–water partition coefficient (Wildman–Crippen LogP) is 3.63. The molecule has 0 bridgehead atoms. The Balaban J connectivity index is 1.55. The topological polar surface area (TPSA) is 85.6 Å². The predicted molar refractivity (Wildman–Crippen MR) is 93.0 cm³/mol. The number of carbonyl (C=O) groups is 1. The first-order valence-electron chi connectivity index (χ1n) is 8.46. The number of amides is 2. The Kier molecular flexibility index (Phi) is 5.42. The van der Waals surface area contributed by atoms with Crippen LogP contribution in [0.15, 0.2) is 28.8 Å². The molecule has 7 nitrogen and oxygen atoms in total. The van der Waals surface area contributed by atoms with E-state index < -0.39 is 0 Å². The van der Waals surface area contributed by atoms with Crippen LogP contribution in [0.25, 0.3) is 0 Å². The van der Waals surface area contributed by atoms with Crippen molar-refractivity contribution in [2.24, 2.45) is 0 Å². The summed E-state index contributed by atoms with van der Waals surface area (Å²) in [5, 5.41) is 9.10. The van der Waals surface area contributed by atoms with Gasteiger partial charge in [-0.1, -0.05) is 11.2 Å². The number of benzene rings is 1. The number of anilines is 1. The molecule has 1 aromatic heterocycles. The SMILES string of the molecule is COc1cc(CNC(=O)Nc2cc(C)on2)ccc1OC1CCCC1. The van der Waals surface area contributed by atoms with E-state index in [9.17, 15) is 4.79 Å². The molecule has 25 heavy (non-hydrogen) atoms. The zero-order chi connectivity index (χ0) is 17.6. The minimum Gasteiger partial charge on any atom is -0.493 e. The summed E-state index contributed by atoms with van der Waals surface area (Å²) in [7, 11) is 1.62. The first kappa shape index (κ1) is 17.1. The summed E-state index contributed by atoms with van der Waals surface area (Å²) in [6.07, 6.45) is 4.89. The van der Waals surface area contributed by atoms with Gasteiger partial charge in [0, 0.05) is 12.6 Å². The Bertz CT molecular complexity index is 723. The molecule has 0 aliphatic heterocycles. The van der Waals surface area contributed by atoms with Gasteiger partial charge in [0.2, 0.25) is 0 Å². The van der Waals surface area contributed by atoms with E-state index in [-0.39, 0.29) is 12.1 Å². The van der Waals surface area contributed by atoms with Crippen molar-refractivity contribution in [1.29, 1.82) is 0 Å². The summed E-state index contributed by atoms with van der Waals surface area (Å²) >= 11 is 0. The quantitative estimate of drug-likeness (QED) is 0.835. The normalized spacial score (nSPS) is 14.3. The first-order valence-corrected chi connectivity index (χ1v) is 8.46. The summed E-state index contributed by atoms with van der Waals surface area (Å²) in [6.45, 7) is 2.13. The standard InChI is InChI=1S/C18H23N3O4/c1-12-9-17(21-25-12)20-18(22)19-11-13-7-8-15(16(10-13)23-2)24-14-5-3-4-6-14/h7-10,14H,3-6,11H2,1-2H3,(H2,19,20,21,22). The van der Waals surface area contributed by atoms with Crippen molar-refractivity contribution in [3.63, 3.8) is 0 Å². The molecule has 1 fully saturated rings. The fraction of sp³-hybridized carbons (Fsp3) is 0.444. The molecule has 1 aliphatic rings. The lowest BCUT2D eigenvalue weighted by Crippen LogP contribution is -2.28. The van der Waals surface area contributed by atoms with Crippen LogP contribution in [0.4, 0.5) is 10.6 Å². The van der Waals surface area contributed by atoms with E-state index in [0.717, 1.165) is 24.2 Å². The van der Waals surface area contributed by atoms with Gasteiger partial charge in [-0.3, -0.25) is 5.32 Å². The molecular formula is C18H23N3O4. The van der Waals surface area contributed by atoms with Gasteiger partial charge in [-0.15, -0.1) is 0 Å². The third-order valence-corrected chi connectivity index (χ3v) is 4.15. The van der Waals surface area contributed by atoms with Crippen molar-refractivity contribution >= 4 is 11.8 Å². The lowest BCUT2D eigenvalue weighted by atomic mass is 10.2. The van der Waals surface area contributed by atoms with E-state index in [1.165, 1.54) is 12.8 Å². The summed E-state index contributed by atoms with van der Waals surface area (Å²) in [5.41, 5.74) is 0.919. The van der Waals surface area contributed by atoms with Crippen molar-refractivity contribution in [1.82, 2.24) is 10.5 Å². The highest BCUT2D eigenvalue weighted by atomic mass is 16.5. The fourth-order valence-electron chi connectivity index (χ4n) is 2.87. The second kappa shape index (κ2) is 7.92. The fourth-order valence-corrected chi connectivity index (χ4v) is 2.87. The average molecular weight is 345 g/mol. The largest absolute Gasteiger partial charge is 0.493 e. The number of ether oxygens (including phenoxy) is 2. The number of nitrogens with one attached hydrogen (secondary N) is 2. The number of hydrogen-bond acceptors (Lipinski definition) is 5. The second-order valence-electron chi connectivity index (χ2n) is 6.14. The molecule has 134 valence electrons. The highest BCUT2D eigenvalue weighted by molar-refractivity contribution is 5.88. The van der Waals surface area contributed by atoms with Crippen LogP contribution in [-0.2, 0) is 6.54 Å². The van der Waals surface area contributed by atoms with Crippen LogP contribution < -0.4 is 20.1 Å². The van der Waals surface area contributed by atoms with Crippen LogP contribution >= 0.6 is 0 Å². The average Bonchev–Trinajstić information content (AvgIpc) is 3.25. The molecule has 0 saturated heterocycles. The van der Waals surface area contributed by atoms with Gasteiger partial charge < -0.3 is 19.3 Å². The van der Waals surface area contributed by atoms with Gasteiger partial charge in [-0.25, -0.2) is 4.79 Å². The molecule has 1 saturated carbocycles. The number of methoxy groups -OCH3 is 1. The summed E-state index contributed by atoms with van der Waals surface area (Å²) in [5.74, 6) is 2.45. The van der Waals surface area contributed by atoms with E-state index in [2.05, 4.69) is 15.8 Å². The van der Waals surface area contributed by atoms with Gasteiger partial charge >= 0.3 is 6.03 Å². The summed E-state index contributed by atoms with van der Waals surface area (Å²) in [4.78, 5) is 11.9. The second-order valence-corrected chi connectivity index (χ2v) is 6.14. The zero-order valence-corrected chi connectivity index (χ0v) is 14.5. The van der Waals surface area contributed by atoms with Gasteiger partial charge in [0.1, 0.15) is 5.76 Å². The molecule has 1 heterocycles. The van der Waals surface area contributed by atoms with Crippen molar-refractivity contribution in [3.8, 4) is 11.5 Å². The molecule has 0 spiro atoms. The molecule has 2 amide bonds. The number of urea groups is 1. The Morgan fingerprint density at radius 2 is 2.08 bits per heavy atom. The van der Waals surface area contributed by atoms with E-state index in [1.807, 2.05) is 18.2 Å². The highest BCUT2D eigenvalue weighted by Gasteiger charge is 2.18. The number of aryl methyl sites for hydroxylation is 1. The molecule has 2 aromatic rings. The van der Waals surface area contributed by atoms with Gasteiger partial charge in [0.25, 0.3) is 0 Å². The van der Waals surface area contributed by atoms with Crippen LogP contribution in [0.5, 0.6) is 11.5 Å². The Morgan fingerprint density at radius 1 is 1.28 bits per heavy atom. The van der Waals surface area contributed by atoms with E-state index in [0.29, 0.717) is 23.9 Å². The number of aromatic nitrogens is 1. The molecule has 1 aromatic carbocycles. The maximum absolute atomic E-state index is 11.9. The Hall–Kier alpha value is -2.70. The summed E-state index contributed by atoms with van der Waals surface area (Å²) < 4.78 is 16.3. The molecule has 3 rings (SSSR count). The van der Waals surface area contributed by atoms with Crippen molar-refractivity contribution in [2.75, 3.05) is 12.4 Å². The molecule has 0 atom stereocenters. The Labute approximate surface area is 146 Å². The number of carbonyl (C=O) groups excluding carboxylic acids is 1. The van der Waals surface area contributed by atoms with Crippen LogP contribution in [0.2, 0.25) is 0 Å². The molecule has 2 N–H and O–H groups in total. The number of nitrogens with zero attached hydrogens (tertiary/aromatic N) is 1. The van der Waals surface area contributed by atoms with Gasteiger partial charge in [-0.2, -0.15) is 0 Å². The van der Waals surface area contributed by atoms with Crippen molar-refractivity contribution < 1.29 is 18.8 Å². The van der Waals surface area contributed by atoms with Crippen LogP contribution in [0, 0.1) is 6.92 Å². The lowest BCUT2D eigenvalue weighted by molar-refractivity contribution is 0.200.